The van der Waals surface area contributed by atoms with Gasteiger partial charge in [0.05, 0.1) is 13.2 Å². The number of rotatable bonds is 10. The van der Waals surface area contributed by atoms with Gasteiger partial charge in [-0.15, -0.1) is 0 Å². The number of carboxylic acids is 1. The van der Waals surface area contributed by atoms with Crippen molar-refractivity contribution in [3.8, 4) is 0 Å². The van der Waals surface area contributed by atoms with Gasteiger partial charge in [0.1, 0.15) is 18.6 Å². The molecule has 0 aromatic carbocycles. The Bertz CT molecular complexity index is 445. The van der Waals surface area contributed by atoms with E-state index >= 15 is 0 Å². The lowest BCUT2D eigenvalue weighted by Crippen LogP contribution is -2.56. The molecule has 0 saturated carbocycles. The van der Waals surface area contributed by atoms with Crippen LogP contribution in [0.15, 0.2) is 0 Å². The fourth-order valence-corrected chi connectivity index (χ4v) is 1.73. The molecular formula is C12H22N4O6S. The van der Waals surface area contributed by atoms with Crippen LogP contribution >= 0.6 is 12.6 Å². The van der Waals surface area contributed by atoms with E-state index in [1.54, 1.807) is 19.0 Å². The van der Waals surface area contributed by atoms with Crippen molar-refractivity contribution in [1.29, 1.82) is 0 Å². The standard InChI is InChI=1S/C12H22N4O6S/c1-16(2)4-9(18)14-7(5-17)12(22)15-8(6-23)11(21)13-3-10(19)20/h7-8,17,23H,3-6H2,1-2H3,(H,13,21)(H,14,18)(H,15,22)(H,19,20)/t7-,8-/m0/s1. The summed E-state index contributed by atoms with van der Waals surface area (Å²) in [6, 6.07) is -2.32. The zero-order valence-electron chi connectivity index (χ0n) is 12.9. The number of nitrogens with one attached hydrogen (secondary N) is 3. The fourth-order valence-electron chi connectivity index (χ4n) is 1.47. The summed E-state index contributed by atoms with van der Waals surface area (Å²) in [6.07, 6.45) is 0. The fraction of sp³-hybridized carbons (Fsp3) is 0.667. The zero-order valence-corrected chi connectivity index (χ0v) is 13.8. The predicted molar refractivity (Wildman–Crippen MR) is 84.0 cm³/mol. The molecule has 0 saturated heterocycles. The molecule has 0 aliphatic heterocycles. The molecule has 0 spiro atoms. The SMILES string of the molecule is CN(C)CC(=O)N[C@@H](CO)C(=O)N[C@@H](CS)C(=O)NCC(=O)O. The first kappa shape index (κ1) is 21.1. The summed E-state index contributed by atoms with van der Waals surface area (Å²) in [5.41, 5.74) is 0. The number of likely N-dealkylation sites (N-methyl/N-ethyl adjacent to an activating group) is 1. The molecule has 11 heteroatoms. The van der Waals surface area contributed by atoms with Crippen LogP contribution in [0.1, 0.15) is 0 Å². The van der Waals surface area contributed by atoms with Gasteiger partial charge in [-0.1, -0.05) is 0 Å². The van der Waals surface area contributed by atoms with Crippen molar-refractivity contribution in [3.05, 3.63) is 0 Å². The van der Waals surface area contributed by atoms with E-state index in [-0.39, 0.29) is 12.3 Å². The number of aliphatic hydroxyl groups is 1. The van der Waals surface area contributed by atoms with Gasteiger partial charge in [-0.05, 0) is 14.1 Å². The third kappa shape index (κ3) is 9.01. The van der Waals surface area contributed by atoms with Gasteiger partial charge in [0.25, 0.3) is 0 Å². The van der Waals surface area contributed by atoms with Crippen LogP contribution in [0.3, 0.4) is 0 Å². The molecule has 0 unspecified atom stereocenters. The number of carbonyl (C=O) groups excluding carboxylic acids is 3. The summed E-state index contributed by atoms with van der Waals surface area (Å²) in [6.45, 7) is -1.22. The highest BCUT2D eigenvalue weighted by atomic mass is 32.1. The van der Waals surface area contributed by atoms with E-state index in [0.29, 0.717) is 0 Å². The molecule has 23 heavy (non-hydrogen) atoms. The first-order valence-electron chi connectivity index (χ1n) is 6.67. The van der Waals surface area contributed by atoms with Crippen LogP contribution in [0, 0.1) is 0 Å². The lowest BCUT2D eigenvalue weighted by Gasteiger charge is -2.21. The van der Waals surface area contributed by atoms with Crippen LogP contribution in [0.4, 0.5) is 0 Å². The summed E-state index contributed by atoms with van der Waals surface area (Å²) in [7, 11) is 3.33. The predicted octanol–water partition coefficient (Wildman–Crippen LogP) is -3.36. The van der Waals surface area contributed by atoms with Gasteiger partial charge in [0, 0.05) is 5.75 Å². The Balaban J connectivity index is 4.61. The summed E-state index contributed by atoms with van der Waals surface area (Å²) in [4.78, 5) is 47.2. The Kier molecular flexibility index (Phi) is 9.94. The number of amides is 3. The Morgan fingerprint density at radius 2 is 1.70 bits per heavy atom. The average molecular weight is 350 g/mol. The number of hydrogen-bond acceptors (Lipinski definition) is 7. The maximum absolute atomic E-state index is 12.0. The Morgan fingerprint density at radius 3 is 2.13 bits per heavy atom. The number of aliphatic carboxylic acids is 1. The van der Waals surface area contributed by atoms with Crippen LogP contribution in [0.2, 0.25) is 0 Å². The molecule has 0 aromatic heterocycles. The number of carbonyl (C=O) groups is 4. The molecule has 0 aliphatic carbocycles. The van der Waals surface area contributed by atoms with Gasteiger partial charge in [-0.25, -0.2) is 0 Å². The summed E-state index contributed by atoms with van der Waals surface area (Å²) in [5.74, 6) is -3.29. The summed E-state index contributed by atoms with van der Waals surface area (Å²) < 4.78 is 0. The van der Waals surface area contributed by atoms with E-state index in [9.17, 15) is 24.3 Å². The highest BCUT2D eigenvalue weighted by molar-refractivity contribution is 7.80. The molecule has 5 N–H and O–H groups in total. The summed E-state index contributed by atoms with van der Waals surface area (Å²) in [5, 5.41) is 24.4. The smallest absolute Gasteiger partial charge is 0.322 e. The van der Waals surface area contributed by atoms with E-state index in [2.05, 4.69) is 28.6 Å². The molecule has 132 valence electrons. The van der Waals surface area contributed by atoms with Crippen LogP contribution in [-0.2, 0) is 19.2 Å². The number of nitrogens with zero attached hydrogens (tertiary/aromatic N) is 1. The van der Waals surface area contributed by atoms with Crippen molar-refractivity contribution in [2.24, 2.45) is 0 Å². The second-order valence-electron chi connectivity index (χ2n) is 4.90. The minimum Gasteiger partial charge on any atom is -0.480 e. The molecule has 0 aromatic rings. The van der Waals surface area contributed by atoms with Crippen molar-refractivity contribution >= 4 is 36.3 Å². The Labute approximate surface area is 139 Å². The largest absolute Gasteiger partial charge is 0.480 e. The maximum atomic E-state index is 12.0. The number of hydrogen-bond donors (Lipinski definition) is 6. The normalized spacial score (nSPS) is 13.1. The van der Waals surface area contributed by atoms with Crippen LogP contribution < -0.4 is 16.0 Å². The van der Waals surface area contributed by atoms with Gasteiger partial charge in [0.15, 0.2) is 0 Å². The van der Waals surface area contributed by atoms with E-state index in [4.69, 9.17) is 5.11 Å². The molecule has 10 nitrogen and oxygen atoms in total. The number of aliphatic hydroxyl groups excluding tert-OH is 1. The van der Waals surface area contributed by atoms with Gasteiger partial charge >= 0.3 is 5.97 Å². The lowest BCUT2D eigenvalue weighted by atomic mass is 10.2. The zero-order chi connectivity index (χ0) is 18.0. The van der Waals surface area contributed by atoms with Crippen molar-refractivity contribution in [2.75, 3.05) is 39.5 Å². The molecule has 3 amide bonds. The van der Waals surface area contributed by atoms with Gasteiger partial charge in [-0.3, -0.25) is 19.2 Å². The van der Waals surface area contributed by atoms with Crippen molar-refractivity contribution < 1.29 is 29.4 Å². The molecular weight excluding hydrogens is 328 g/mol. The van der Waals surface area contributed by atoms with Gasteiger partial charge in [0.2, 0.25) is 17.7 Å². The first-order chi connectivity index (χ1) is 10.7. The van der Waals surface area contributed by atoms with E-state index in [1.165, 1.54) is 0 Å². The lowest BCUT2D eigenvalue weighted by molar-refractivity contribution is -0.138. The molecule has 0 fully saturated rings. The van der Waals surface area contributed by atoms with E-state index in [1.807, 2.05) is 0 Å². The third-order valence-electron chi connectivity index (χ3n) is 2.52. The second kappa shape index (κ2) is 10.8. The monoisotopic (exact) mass is 350 g/mol. The third-order valence-corrected chi connectivity index (χ3v) is 2.89. The highest BCUT2D eigenvalue weighted by Crippen LogP contribution is 1.92. The molecule has 0 aliphatic rings. The molecule has 0 bridgehead atoms. The van der Waals surface area contributed by atoms with Crippen molar-refractivity contribution in [3.63, 3.8) is 0 Å². The van der Waals surface area contributed by atoms with E-state index in [0.717, 1.165) is 0 Å². The average Bonchev–Trinajstić information content (AvgIpc) is 2.46. The molecule has 2 atom stereocenters. The highest BCUT2D eigenvalue weighted by Gasteiger charge is 2.25. The minimum absolute atomic E-state index is 0.0267. The first-order valence-corrected chi connectivity index (χ1v) is 7.30. The Morgan fingerprint density at radius 1 is 1.09 bits per heavy atom. The van der Waals surface area contributed by atoms with Crippen molar-refractivity contribution in [2.45, 2.75) is 12.1 Å². The van der Waals surface area contributed by atoms with Gasteiger partial charge < -0.3 is 31.1 Å². The maximum Gasteiger partial charge on any atom is 0.322 e. The minimum atomic E-state index is -1.23. The van der Waals surface area contributed by atoms with Crippen LogP contribution in [-0.4, -0.2) is 90.4 Å². The molecule has 0 radical (unpaired) electrons. The summed E-state index contributed by atoms with van der Waals surface area (Å²) >= 11 is 3.91. The molecule has 0 rings (SSSR count). The Hall–Kier alpha value is -1.85. The number of thiol groups is 1. The number of carboxylic acid groups (broad SMARTS) is 1. The second-order valence-corrected chi connectivity index (χ2v) is 5.26. The quantitative estimate of drug-likeness (QED) is 0.225. The van der Waals surface area contributed by atoms with Crippen molar-refractivity contribution in [1.82, 2.24) is 20.9 Å². The van der Waals surface area contributed by atoms with Crippen LogP contribution in [0.25, 0.3) is 0 Å². The van der Waals surface area contributed by atoms with Gasteiger partial charge in [-0.2, -0.15) is 12.6 Å². The van der Waals surface area contributed by atoms with E-state index < -0.39 is 48.9 Å². The topological polar surface area (TPSA) is 148 Å². The molecule has 0 heterocycles. The van der Waals surface area contributed by atoms with Crippen LogP contribution in [0.5, 0.6) is 0 Å².